The fourth-order valence-corrected chi connectivity index (χ4v) is 4.81. The van der Waals surface area contributed by atoms with Gasteiger partial charge in [0.25, 0.3) is 11.8 Å². The molecular weight excluding hydrogens is 556 g/mol. The first-order chi connectivity index (χ1) is 19.3. The van der Waals surface area contributed by atoms with E-state index in [4.69, 9.17) is 5.73 Å². The molecule has 1 aromatic carbocycles. The van der Waals surface area contributed by atoms with Crippen LogP contribution in [0.3, 0.4) is 0 Å². The van der Waals surface area contributed by atoms with Crippen molar-refractivity contribution in [2.45, 2.75) is 32.2 Å². The fourth-order valence-electron chi connectivity index (χ4n) is 4.81. The van der Waals surface area contributed by atoms with Crippen molar-refractivity contribution in [2.75, 3.05) is 18.8 Å². The minimum Gasteiger partial charge on any atom is -0.382 e. The number of aryl methyl sites for hydroxylation is 2. The summed E-state index contributed by atoms with van der Waals surface area (Å²) >= 11 is 0. The number of hydrogen-bond acceptors (Lipinski definition) is 6. The number of carbonyl (C=O) groups excluding carboxylic acids is 2. The predicted molar refractivity (Wildman–Crippen MR) is 134 cm³/mol. The van der Waals surface area contributed by atoms with Gasteiger partial charge in [-0.25, -0.2) is 22.7 Å². The van der Waals surface area contributed by atoms with Crippen LogP contribution in [0, 0.1) is 25.5 Å². The molecule has 4 aromatic rings. The number of pyridine rings is 1. The molecule has 0 unspecified atom stereocenters. The van der Waals surface area contributed by atoms with E-state index in [1.165, 1.54) is 19.9 Å². The molecule has 9 nitrogen and oxygen atoms in total. The van der Waals surface area contributed by atoms with Gasteiger partial charge >= 0.3 is 6.18 Å². The number of hydrogen-bond donors (Lipinski definition) is 2. The van der Waals surface area contributed by atoms with Crippen LogP contribution in [-0.2, 0) is 6.18 Å². The van der Waals surface area contributed by atoms with Crippen LogP contribution in [0.2, 0.25) is 0 Å². The normalized spacial score (nSPS) is 17.3. The Morgan fingerprint density at radius 2 is 1.78 bits per heavy atom. The molecule has 1 aliphatic heterocycles. The number of nitrogens with zero attached hydrogens (tertiary/aromatic N) is 5. The number of nitrogens with one attached hydrogen (secondary N) is 1. The lowest BCUT2D eigenvalue weighted by atomic mass is 10.0. The quantitative estimate of drug-likeness (QED) is 0.356. The molecule has 1 saturated heterocycles. The lowest BCUT2D eigenvalue weighted by molar-refractivity contribution is -0.136. The van der Waals surface area contributed by atoms with Gasteiger partial charge in [0.15, 0.2) is 17.5 Å². The summed E-state index contributed by atoms with van der Waals surface area (Å²) in [4.78, 5) is 34.9. The van der Waals surface area contributed by atoms with Gasteiger partial charge in [-0.1, -0.05) is 0 Å². The standard InChI is InChI=1S/C26H21F6N7O2/c1-11-14(21-7-16(26(30,31)32)22-23(33)34-10-35-39(21)22)6-15(12(2)36-11)24(40)37-20-9-38(8-19(20)29)25(41)13-3-4-17(27)18(28)5-13/h3-7,10,19-20H,8-9H2,1-2H3,(H,37,40)(H2,33,34,35)/t19-,20+/m0/s1. The number of halogens is 6. The SMILES string of the molecule is Cc1nc(C)c(-c2cc(C(F)(F)F)c3c(N)ncnn23)cc1C(=O)N[C@@H]1CN(C(=O)c2ccc(F)c(F)c2)C[C@@H]1F. The average Bonchev–Trinajstić information content (AvgIpc) is 3.47. The van der Waals surface area contributed by atoms with Crippen molar-refractivity contribution in [3.05, 3.63) is 76.4 Å². The van der Waals surface area contributed by atoms with Crippen LogP contribution in [0.5, 0.6) is 0 Å². The highest BCUT2D eigenvalue weighted by Gasteiger charge is 2.38. The third-order valence-electron chi connectivity index (χ3n) is 6.83. The van der Waals surface area contributed by atoms with E-state index in [1.807, 2.05) is 0 Å². The van der Waals surface area contributed by atoms with Crippen molar-refractivity contribution in [2.24, 2.45) is 0 Å². The number of nitrogen functional groups attached to an aromatic ring is 1. The van der Waals surface area contributed by atoms with E-state index in [0.717, 1.165) is 33.9 Å². The maximum Gasteiger partial charge on any atom is 0.418 e. The monoisotopic (exact) mass is 577 g/mol. The van der Waals surface area contributed by atoms with Gasteiger partial charge in [0.1, 0.15) is 18.0 Å². The zero-order chi connectivity index (χ0) is 29.8. The van der Waals surface area contributed by atoms with Gasteiger partial charge < -0.3 is 16.0 Å². The number of anilines is 1. The Balaban J connectivity index is 1.43. The summed E-state index contributed by atoms with van der Waals surface area (Å²) in [5.41, 5.74) is 4.56. The lowest BCUT2D eigenvalue weighted by Gasteiger charge is -2.18. The number of rotatable bonds is 4. The molecule has 0 radical (unpaired) electrons. The highest BCUT2D eigenvalue weighted by Crippen LogP contribution is 2.39. The Kier molecular flexibility index (Phi) is 6.83. The highest BCUT2D eigenvalue weighted by molar-refractivity contribution is 5.97. The first kappa shape index (κ1) is 27.9. The summed E-state index contributed by atoms with van der Waals surface area (Å²) in [6.07, 6.45) is -5.48. The first-order valence-electron chi connectivity index (χ1n) is 12.1. The third-order valence-corrected chi connectivity index (χ3v) is 6.83. The molecule has 2 atom stereocenters. The number of fused-ring (bicyclic) bond motifs is 1. The smallest absolute Gasteiger partial charge is 0.382 e. The molecule has 0 spiro atoms. The number of carbonyl (C=O) groups is 2. The second-order valence-corrected chi connectivity index (χ2v) is 9.54. The maximum atomic E-state index is 14.9. The average molecular weight is 577 g/mol. The second kappa shape index (κ2) is 10.1. The van der Waals surface area contributed by atoms with Crippen molar-refractivity contribution < 1.29 is 35.9 Å². The van der Waals surface area contributed by atoms with Crippen molar-refractivity contribution >= 4 is 23.1 Å². The van der Waals surface area contributed by atoms with E-state index in [1.54, 1.807) is 0 Å². The molecule has 3 aromatic heterocycles. The molecule has 0 bridgehead atoms. The largest absolute Gasteiger partial charge is 0.418 e. The predicted octanol–water partition coefficient (Wildman–Crippen LogP) is 3.88. The molecule has 41 heavy (non-hydrogen) atoms. The van der Waals surface area contributed by atoms with Crippen LogP contribution in [0.4, 0.5) is 32.2 Å². The molecule has 15 heteroatoms. The van der Waals surface area contributed by atoms with Crippen molar-refractivity contribution in [3.63, 3.8) is 0 Å². The molecule has 0 saturated carbocycles. The Hall–Kier alpha value is -4.69. The van der Waals surface area contributed by atoms with Gasteiger partial charge in [0.05, 0.1) is 35.1 Å². The molecular formula is C26H21F6N7O2. The van der Waals surface area contributed by atoms with Crippen LogP contribution >= 0.6 is 0 Å². The van der Waals surface area contributed by atoms with E-state index in [0.29, 0.717) is 6.07 Å². The summed E-state index contributed by atoms with van der Waals surface area (Å²) in [6.45, 7) is 2.38. The van der Waals surface area contributed by atoms with Crippen molar-refractivity contribution in [1.29, 1.82) is 0 Å². The topological polar surface area (TPSA) is 119 Å². The Morgan fingerprint density at radius 3 is 2.46 bits per heavy atom. The number of likely N-dealkylation sites (tertiary alicyclic amines) is 1. The molecule has 5 rings (SSSR count). The summed E-state index contributed by atoms with van der Waals surface area (Å²) in [5, 5.41) is 6.41. The first-order valence-corrected chi connectivity index (χ1v) is 12.1. The Labute approximate surface area is 228 Å². The molecule has 3 N–H and O–H groups in total. The van der Waals surface area contributed by atoms with Crippen LogP contribution in [0.15, 0.2) is 36.7 Å². The Bertz CT molecular complexity index is 1700. The minimum atomic E-state index is -4.78. The summed E-state index contributed by atoms with van der Waals surface area (Å²) in [5.74, 6) is -4.30. The number of benzene rings is 1. The van der Waals surface area contributed by atoms with Crippen molar-refractivity contribution in [3.8, 4) is 11.3 Å². The van der Waals surface area contributed by atoms with Crippen LogP contribution in [0.25, 0.3) is 16.8 Å². The molecule has 4 heterocycles. The van der Waals surface area contributed by atoms with Crippen LogP contribution in [0.1, 0.15) is 37.7 Å². The number of amides is 2. The van der Waals surface area contributed by atoms with E-state index in [9.17, 15) is 35.9 Å². The lowest BCUT2D eigenvalue weighted by Crippen LogP contribution is -2.42. The molecule has 0 aliphatic carbocycles. The van der Waals surface area contributed by atoms with E-state index in [-0.39, 0.29) is 40.3 Å². The summed E-state index contributed by atoms with van der Waals surface area (Å²) < 4.78 is 84.0. The van der Waals surface area contributed by atoms with Gasteiger partial charge in [-0.2, -0.15) is 18.3 Å². The number of alkyl halides is 4. The minimum absolute atomic E-state index is 0.0475. The molecule has 2 amide bonds. The van der Waals surface area contributed by atoms with E-state index < -0.39 is 65.3 Å². The van der Waals surface area contributed by atoms with E-state index >= 15 is 0 Å². The zero-order valence-corrected chi connectivity index (χ0v) is 21.4. The van der Waals surface area contributed by atoms with Gasteiger partial charge in [-0.15, -0.1) is 0 Å². The third kappa shape index (κ3) is 5.02. The molecule has 1 aliphatic rings. The highest BCUT2D eigenvalue weighted by atomic mass is 19.4. The summed E-state index contributed by atoms with van der Waals surface area (Å²) in [7, 11) is 0. The second-order valence-electron chi connectivity index (χ2n) is 9.54. The van der Waals surface area contributed by atoms with Gasteiger partial charge in [0.2, 0.25) is 0 Å². The maximum absolute atomic E-state index is 14.9. The zero-order valence-electron chi connectivity index (χ0n) is 21.4. The Morgan fingerprint density at radius 1 is 1.05 bits per heavy atom. The van der Waals surface area contributed by atoms with Gasteiger partial charge in [-0.3, -0.25) is 14.6 Å². The van der Waals surface area contributed by atoms with Crippen LogP contribution in [-0.4, -0.2) is 61.6 Å². The number of nitrogens with two attached hydrogens (primary N) is 1. The van der Waals surface area contributed by atoms with Gasteiger partial charge in [-0.05, 0) is 44.2 Å². The molecule has 1 fully saturated rings. The number of aromatic nitrogens is 4. The summed E-state index contributed by atoms with van der Waals surface area (Å²) in [6, 6.07) is 3.54. The fraction of sp³-hybridized carbons (Fsp3) is 0.269. The van der Waals surface area contributed by atoms with Crippen LogP contribution < -0.4 is 11.1 Å². The van der Waals surface area contributed by atoms with E-state index in [2.05, 4.69) is 20.4 Å². The van der Waals surface area contributed by atoms with Crippen molar-refractivity contribution in [1.82, 2.24) is 29.8 Å². The molecule has 214 valence electrons. The van der Waals surface area contributed by atoms with Gasteiger partial charge in [0, 0.05) is 23.4 Å².